The van der Waals surface area contributed by atoms with Gasteiger partial charge >= 0.3 is 0 Å². The standard InChI is InChI=1S/C7H8N4O2S/c8-6(13)4-1-5(12)11(2-4)7-9-3-10-14-7/h3-4H,1-2H2,(H2,8,13). The number of rotatable bonds is 2. The van der Waals surface area contributed by atoms with Crippen LogP contribution in [0.25, 0.3) is 0 Å². The predicted molar refractivity (Wildman–Crippen MR) is 49.6 cm³/mol. The van der Waals surface area contributed by atoms with Crippen LogP contribution in [0.5, 0.6) is 0 Å². The van der Waals surface area contributed by atoms with Gasteiger partial charge in [0.2, 0.25) is 16.9 Å². The highest BCUT2D eigenvalue weighted by atomic mass is 32.1. The van der Waals surface area contributed by atoms with E-state index in [1.165, 1.54) is 11.2 Å². The van der Waals surface area contributed by atoms with Crippen molar-refractivity contribution in [2.45, 2.75) is 6.42 Å². The second-order valence-corrected chi connectivity index (χ2v) is 3.79. The van der Waals surface area contributed by atoms with Crippen molar-refractivity contribution < 1.29 is 9.59 Å². The Morgan fingerprint density at radius 3 is 3.00 bits per heavy atom. The van der Waals surface area contributed by atoms with Crippen LogP contribution in [-0.4, -0.2) is 27.7 Å². The van der Waals surface area contributed by atoms with Gasteiger partial charge in [0.1, 0.15) is 6.33 Å². The van der Waals surface area contributed by atoms with Crippen LogP contribution in [0.1, 0.15) is 6.42 Å². The highest BCUT2D eigenvalue weighted by Crippen LogP contribution is 2.24. The van der Waals surface area contributed by atoms with Crippen molar-refractivity contribution in [1.82, 2.24) is 9.36 Å². The minimum atomic E-state index is -0.439. The van der Waals surface area contributed by atoms with E-state index in [-0.39, 0.29) is 12.3 Å². The lowest BCUT2D eigenvalue weighted by atomic mass is 10.1. The molecule has 1 saturated heterocycles. The fraction of sp³-hybridized carbons (Fsp3) is 0.429. The summed E-state index contributed by atoms with van der Waals surface area (Å²) in [5, 5.41) is 0.527. The maximum atomic E-state index is 11.4. The Morgan fingerprint density at radius 2 is 2.50 bits per heavy atom. The minimum Gasteiger partial charge on any atom is -0.369 e. The molecule has 0 saturated carbocycles. The van der Waals surface area contributed by atoms with Gasteiger partial charge in [-0.15, -0.1) is 0 Å². The summed E-state index contributed by atoms with van der Waals surface area (Å²) in [6.07, 6.45) is 1.56. The van der Waals surface area contributed by atoms with Crippen LogP contribution in [0.4, 0.5) is 5.13 Å². The van der Waals surface area contributed by atoms with Gasteiger partial charge in [-0.05, 0) is 0 Å². The second-order valence-electron chi connectivity index (χ2n) is 3.03. The Balaban J connectivity index is 2.16. The molecule has 1 aromatic heterocycles. The zero-order valence-corrected chi connectivity index (χ0v) is 8.03. The van der Waals surface area contributed by atoms with E-state index in [4.69, 9.17) is 5.73 Å². The number of carbonyl (C=O) groups is 2. The third kappa shape index (κ3) is 1.46. The van der Waals surface area contributed by atoms with Crippen LogP contribution in [0.15, 0.2) is 6.33 Å². The lowest BCUT2D eigenvalue weighted by Gasteiger charge is -2.10. The molecule has 0 aliphatic carbocycles. The first-order chi connectivity index (χ1) is 6.68. The fourth-order valence-electron chi connectivity index (χ4n) is 1.37. The molecule has 1 unspecified atom stereocenters. The number of hydrogen-bond donors (Lipinski definition) is 1. The second kappa shape index (κ2) is 3.33. The summed E-state index contributed by atoms with van der Waals surface area (Å²) in [5.41, 5.74) is 5.13. The Morgan fingerprint density at radius 1 is 1.71 bits per heavy atom. The Labute approximate surface area is 83.9 Å². The SMILES string of the molecule is NC(=O)C1CC(=O)N(c2ncns2)C1. The Hall–Kier alpha value is -1.50. The zero-order chi connectivity index (χ0) is 10.1. The minimum absolute atomic E-state index is 0.120. The topological polar surface area (TPSA) is 89.2 Å². The maximum Gasteiger partial charge on any atom is 0.229 e. The molecular weight excluding hydrogens is 204 g/mol. The molecule has 0 radical (unpaired) electrons. The molecule has 6 nitrogen and oxygen atoms in total. The largest absolute Gasteiger partial charge is 0.369 e. The van der Waals surface area contributed by atoms with Gasteiger partial charge in [0, 0.05) is 24.5 Å². The van der Waals surface area contributed by atoms with Gasteiger partial charge in [-0.1, -0.05) is 0 Å². The number of nitrogens with zero attached hydrogens (tertiary/aromatic N) is 3. The molecule has 7 heteroatoms. The first kappa shape index (κ1) is 9.07. The summed E-state index contributed by atoms with van der Waals surface area (Å²) in [5.74, 6) is -0.956. The molecule has 74 valence electrons. The first-order valence-corrected chi connectivity index (χ1v) is 4.82. The molecule has 1 fully saturated rings. The van der Waals surface area contributed by atoms with Crippen molar-refractivity contribution in [3.05, 3.63) is 6.33 Å². The number of primary amides is 1. The molecule has 0 spiro atoms. The summed E-state index contributed by atoms with van der Waals surface area (Å²) < 4.78 is 3.79. The van der Waals surface area contributed by atoms with Crippen LogP contribution in [0.3, 0.4) is 0 Å². The number of anilines is 1. The predicted octanol–water partition coefficient (Wildman–Crippen LogP) is -0.624. The smallest absolute Gasteiger partial charge is 0.229 e. The highest BCUT2D eigenvalue weighted by molar-refractivity contribution is 7.09. The molecule has 2 heterocycles. The van der Waals surface area contributed by atoms with E-state index < -0.39 is 11.8 Å². The van der Waals surface area contributed by atoms with E-state index in [9.17, 15) is 9.59 Å². The maximum absolute atomic E-state index is 11.4. The van der Waals surface area contributed by atoms with E-state index >= 15 is 0 Å². The van der Waals surface area contributed by atoms with Gasteiger partial charge in [0.05, 0.1) is 5.92 Å². The molecule has 2 N–H and O–H groups in total. The molecule has 1 aliphatic rings. The van der Waals surface area contributed by atoms with Gasteiger partial charge in [0.15, 0.2) is 0 Å². The van der Waals surface area contributed by atoms with E-state index in [0.29, 0.717) is 11.7 Å². The van der Waals surface area contributed by atoms with Crippen molar-refractivity contribution in [3.8, 4) is 0 Å². The van der Waals surface area contributed by atoms with Crippen molar-refractivity contribution >= 4 is 28.5 Å². The molecule has 1 aliphatic heterocycles. The molecule has 2 amide bonds. The van der Waals surface area contributed by atoms with Gasteiger partial charge < -0.3 is 5.73 Å². The zero-order valence-electron chi connectivity index (χ0n) is 7.21. The highest BCUT2D eigenvalue weighted by Gasteiger charge is 2.35. The first-order valence-electron chi connectivity index (χ1n) is 4.05. The average Bonchev–Trinajstić information content (AvgIpc) is 2.71. The number of hydrogen-bond acceptors (Lipinski definition) is 5. The van der Waals surface area contributed by atoms with Gasteiger partial charge in [0.25, 0.3) is 0 Å². The number of carbonyl (C=O) groups excluding carboxylic acids is 2. The van der Waals surface area contributed by atoms with Crippen LogP contribution in [-0.2, 0) is 9.59 Å². The van der Waals surface area contributed by atoms with Crippen molar-refractivity contribution in [2.75, 3.05) is 11.4 Å². The molecule has 0 aromatic carbocycles. The summed E-state index contributed by atoms with van der Waals surface area (Å²) in [4.78, 5) is 27.7. The monoisotopic (exact) mass is 212 g/mol. The van der Waals surface area contributed by atoms with Crippen LogP contribution < -0.4 is 10.6 Å². The molecule has 14 heavy (non-hydrogen) atoms. The van der Waals surface area contributed by atoms with E-state index in [0.717, 1.165) is 11.5 Å². The van der Waals surface area contributed by atoms with Gasteiger partial charge in [-0.2, -0.15) is 4.37 Å². The molecule has 1 aromatic rings. The Bertz CT molecular complexity index is 364. The summed E-state index contributed by atoms with van der Waals surface area (Å²) in [6, 6.07) is 0. The Kier molecular flexibility index (Phi) is 2.16. The van der Waals surface area contributed by atoms with Crippen molar-refractivity contribution in [3.63, 3.8) is 0 Å². The van der Waals surface area contributed by atoms with E-state index in [1.54, 1.807) is 0 Å². The third-order valence-electron chi connectivity index (χ3n) is 2.11. The lowest BCUT2D eigenvalue weighted by molar-refractivity contribution is -0.123. The normalized spacial score (nSPS) is 21.6. The number of aromatic nitrogens is 2. The van der Waals surface area contributed by atoms with Crippen molar-refractivity contribution in [2.24, 2.45) is 11.7 Å². The lowest BCUT2D eigenvalue weighted by Crippen LogP contribution is -2.28. The number of amides is 2. The quantitative estimate of drug-likeness (QED) is 0.707. The summed E-state index contributed by atoms with van der Waals surface area (Å²) in [7, 11) is 0. The fourth-order valence-corrected chi connectivity index (χ4v) is 1.93. The molecule has 0 bridgehead atoms. The van der Waals surface area contributed by atoms with Crippen LogP contribution in [0.2, 0.25) is 0 Å². The molecule has 1 atom stereocenters. The third-order valence-corrected chi connectivity index (χ3v) is 2.80. The average molecular weight is 212 g/mol. The van der Waals surface area contributed by atoms with E-state index in [1.807, 2.05) is 0 Å². The molecule has 2 rings (SSSR count). The van der Waals surface area contributed by atoms with Crippen LogP contribution >= 0.6 is 11.5 Å². The molecular formula is C7H8N4O2S. The van der Waals surface area contributed by atoms with Crippen LogP contribution in [0, 0.1) is 5.92 Å². The number of nitrogens with two attached hydrogens (primary N) is 1. The summed E-state index contributed by atoms with van der Waals surface area (Å²) >= 11 is 1.13. The summed E-state index contributed by atoms with van der Waals surface area (Å²) in [6.45, 7) is 0.323. The van der Waals surface area contributed by atoms with Crippen molar-refractivity contribution in [1.29, 1.82) is 0 Å². The van der Waals surface area contributed by atoms with Gasteiger partial charge in [-0.3, -0.25) is 14.5 Å². The van der Waals surface area contributed by atoms with E-state index in [2.05, 4.69) is 9.36 Å². The van der Waals surface area contributed by atoms with Gasteiger partial charge in [-0.25, -0.2) is 4.98 Å².